The quantitative estimate of drug-likeness (QED) is 0.320. The molecule has 26 heavy (non-hydrogen) atoms. The lowest BCUT2D eigenvalue weighted by Gasteiger charge is -2.04. The number of hydrogen-bond acceptors (Lipinski definition) is 4. The van der Waals surface area contributed by atoms with Crippen molar-refractivity contribution in [1.82, 2.24) is 0 Å². The van der Waals surface area contributed by atoms with Gasteiger partial charge < -0.3 is 9.15 Å². The molecule has 0 unspecified atom stereocenters. The predicted octanol–water partition coefficient (Wildman–Crippen LogP) is 5.15. The van der Waals surface area contributed by atoms with Gasteiger partial charge in [-0.25, -0.2) is 4.79 Å². The van der Waals surface area contributed by atoms with E-state index in [0.29, 0.717) is 16.0 Å². The minimum absolute atomic E-state index is 0.257. The Morgan fingerprint density at radius 3 is 2.27 bits per heavy atom. The van der Waals surface area contributed by atoms with Gasteiger partial charge in [0.1, 0.15) is 5.76 Å². The second kappa shape index (κ2) is 8.45. The summed E-state index contributed by atoms with van der Waals surface area (Å²) >= 11 is 3.17. The van der Waals surface area contributed by atoms with Crippen LogP contribution in [0.3, 0.4) is 0 Å². The third-order valence-electron chi connectivity index (χ3n) is 3.64. The van der Waals surface area contributed by atoms with Crippen LogP contribution in [0.5, 0.6) is 0 Å². The maximum absolute atomic E-state index is 12.1. The number of esters is 1. The molecule has 0 amide bonds. The van der Waals surface area contributed by atoms with E-state index >= 15 is 0 Å². The first-order valence-corrected chi connectivity index (χ1v) is 8.70. The van der Waals surface area contributed by atoms with Crippen molar-refractivity contribution in [2.45, 2.75) is 0 Å². The molecule has 0 aliphatic rings. The van der Waals surface area contributed by atoms with Crippen molar-refractivity contribution < 1.29 is 18.7 Å². The zero-order chi connectivity index (χ0) is 18.4. The van der Waals surface area contributed by atoms with E-state index in [1.807, 2.05) is 42.5 Å². The molecule has 0 bridgehead atoms. The highest BCUT2D eigenvalue weighted by Crippen LogP contribution is 2.19. The number of benzene rings is 2. The fraction of sp³-hybridized carbons (Fsp3) is 0.0476. The van der Waals surface area contributed by atoms with E-state index < -0.39 is 5.97 Å². The van der Waals surface area contributed by atoms with Gasteiger partial charge in [-0.3, -0.25) is 4.79 Å². The first-order chi connectivity index (χ1) is 12.6. The van der Waals surface area contributed by atoms with E-state index in [4.69, 9.17) is 9.15 Å². The Hall–Kier alpha value is -2.92. The summed E-state index contributed by atoms with van der Waals surface area (Å²) in [4.78, 5) is 23.8. The number of furan rings is 1. The molecule has 2 aromatic carbocycles. The number of halogens is 1. The summed E-state index contributed by atoms with van der Waals surface area (Å²) < 4.78 is 10.8. The summed E-state index contributed by atoms with van der Waals surface area (Å²) in [5.74, 6) is -0.351. The lowest BCUT2D eigenvalue weighted by molar-refractivity contribution is -0.136. The summed E-state index contributed by atoms with van der Waals surface area (Å²) in [7, 11) is 0. The van der Waals surface area contributed by atoms with Gasteiger partial charge in [0.15, 0.2) is 17.1 Å². The van der Waals surface area contributed by atoms with Gasteiger partial charge in [0.2, 0.25) is 0 Å². The molecule has 5 heteroatoms. The Labute approximate surface area is 159 Å². The van der Waals surface area contributed by atoms with Gasteiger partial charge in [0.25, 0.3) is 0 Å². The molecular formula is C21H15BrO4. The number of Topliss-reactive ketones (excluding diaryl/α,β-unsaturated/α-hetero) is 1. The second-order valence-corrected chi connectivity index (χ2v) is 6.23. The summed E-state index contributed by atoms with van der Waals surface area (Å²) in [6.45, 7) is -0.310. The van der Waals surface area contributed by atoms with Gasteiger partial charge in [-0.15, -0.1) is 0 Å². The molecule has 0 saturated carbocycles. The number of carbonyl (C=O) groups is 2. The largest absolute Gasteiger partial charge is 0.454 e. The Kier molecular flexibility index (Phi) is 5.81. The van der Waals surface area contributed by atoms with Crippen LogP contribution in [0, 0.1) is 0 Å². The minimum atomic E-state index is -0.605. The van der Waals surface area contributed by atoms with Crippen LogP contribution in [0.1, 0.15) is 16.1 Å². The lowest BCUT2D eigenvalue weighted by atomic mass is 10.0. The van der Waals surface area contributed by atoms with Crippen LogP contribution in [-0.4, -0.2) is 18.4 Å². The van der Waals surface area contributed by atoms with Gasteiger partial charge in [-0.05, 0) is 45.3 Å². The highest BCUT2D eigenvalue weighted by Gasteiger charge is 2.09. The average molecular weight is 411 g/mol. The molecule has 3 aromatic rings. The summed E-state index contributed by atoms with van der Waals surface area (Å²) in [6, 6.07) is 20.5. The van der Waals surface area contributed by atoms with Crippen molar-refractivity contribution in [3.8, 4) is 11.1 Å². The molecule has 0 spiro atoms. The van der Waals surface area contributed by atoms with Crippen molar-refractivity contribution >= 4 is 33.8 Å². The summed E-state index contributed by atoms with van der Waals surface area (Å²) in [5, 5.41) is 0. The van der Waals surface area contributed by atoms with E-state index in [0.717, 1.165) is 11.1 Å². The highest BCUT2D eigenvalue weighted by molar-refractivity contribution is 9.10. The number of rotatable bonds is 6. The van der Waals surface area contributed by atoms with E-state index in [-0.39, 0.29) is 12.4 Å². The van der Waals surface area contributed by atoms with Crippen LogP contribution in [0.4, 0.5) is 0 Å². The fourth-order valence-electron chi connectivity index (χ4n) is 2.32. The van der Waals surface area contributed by atoms with Crippen LogP contribution in [-0.2, 0) is 9.53 Å². The van der Waals surface area contributed by atoms with Crippen molar-refractivity contribution in [2.24, 2.45) is 0 Å². The normalized spacial score (nSPS) is 10.8. The number of hydrogen-bond donors (Lipinski definition) is 0. The number of ketones is 1. The molecule has 4 nitrogen and oxygen atoms in total. The molecule has 3 rings (SSSR count). The third kappa shape index (κ3) is 4.80. The van der Waals surface area contributed by atoms with E-state index in [1.54, 1.807) is 24.3 Å². The first-order valence-electron chi connectivity index (χ1n) is 7.91. The molecule has 0 radical (unpaired) electrons. The number of carbonyl (C=O) groups excluding carboxylic acids is 2. The summed E-state index contributed by atoms with van der Waals surface area (Å²) in [5.41, 5.74) is 2.59. The predicted molar refractivity (Wildman–Crippen MR) is 103 cm³/mol. The Morgan fingerprint density at radius 1 is 0.923 bits per heavy atom. The van der Waals surface area contributed by atoms with Crippen molar-refractivity contribution in [1.29, 1.82) is 0 Å². The van der Waals surface area contributed by atoms with Gasteiger partial charge in [0.05, 0.1) is 0 Å². The van der Waals surface area contributed by atoms with Crippen LogP contribution in [0.15, 0.2) is 81.9 Å². The SMILES string of the molecule is O=C(/C=C\c1ccc(Br)o1)OCC(=O)c1ccc(-c2ccccc2)cc1. The average Bonchev–Trinajstić information content (AvgIpc) is 3.10. The van der Waals surface area contributed by atoms with E-state index in [1.165, 1.54) is 12.2 Å². The Morgan fingerprint density at radius 2 is 1.62 bits per heavy atom. The molecule has 130 valence electrons. The molecule has 0 fully saturated rings. The smallest absolute Gasteiger partial charge is 0.331 e. The highest BCUT2D eigenvalue weighted by atomic mass is 79.9. The van der Waals surface area contributed by atoms with Crippen molar-refractivity contribution in [3.05, 3.63) is 88.8 Å². The molecule has 0 atom stereocenters. The Balaban J connectivity index is 1.54. The molecule has 1 aromatic heterocycles. The maximum atomic E-state index is 12.1. The monoisotopic (exact) mass is 410 g/mol. The van der Waals surface area contributed by atoms with Crippen LogP contribution < -0.4 is 0 Å². The van der Waals surface area contributed by atoms with Crippen LogP contribution in [0.2, 0.25) is 0 Å². The second-order valence-electron chi connectivity index (χ2n) is 5.45. The minimum Gasteiger partial charge on any atom is -0.454 e. The lowest BCUT2D eigenvalue weighted by Crippen LogP contribution is -2.12. The third-order valence-corrected chi connectivity index (χ3v) is 4.06. The number of ether oxygens (including phenoxy) is 1. The standard InChI is InChI=1S/C21H15BrO4/c22-20-12-10-18(26-20)11-13-21(24)25-14-19(23)17-8-6-16(7-9-17)15-4-2-1-3-5-15/h1-13H,14H2/b13-11-. The molecule has 0 N–H and O–H groups in total. The zero-order valence-electron chi connectivity index (χ0n) is 13.7. The molecule has 0 aliphatic carbocycles. The van der Waals surface area contributed by atoms with Gasteiger partial charge in [-0.2, -0.15) is 0 Å². The fourth-order valence-corrected chi connectivity index (χ4v) is 2.63. The van der Waals surface area contributed by atoms with E-state index in [9.17, 15) is 9.59 Å². The Bertz CT molecular complexity index is 924. The molecular weight excluding hydrogens is 396 g/mol. The maximum Gasteiger partial charge on any atom is 0.331 e. The van der Waals surface area contributed by atoms with Crippen molar-refractivity contribution in [3.63, 3.8) is 0 Å². The van der Waals surface area contributed by atoms with Crippen molar-refractivity contribution in [2.75, 3.05) is 6.61 Å². The van der Waals surface area contributed by atoms with Gasteiger partial charge in [0, 0.05) is 11.6 Å². The van der Waals surface area contributed by atoms with Crippen LogP contribution >= 0.6 is 15.9 Å². The molecule has 1 heterocycles. The van der Waals surface area contributed by atoms with Gasteiger partial charge >= 0.3 is 5.97 Å². The zero-order valence-corrected chi connectivity index (χ0v) is 15.3. The first kappa shape index (κ1) is 17.9. The topological polar surface area (TPSA) is 56.5 Å². The summed E-state index contributed by atoms with van der Waals surface area (Å²) in [6.07, 6.45) is 2.70. The molecule has 0 aliphatic heterocycles. The van der Waals surface area contributed by atoms with E-state index in [2.05, 4.69) is 15.9 Å². The van der Waals surface area contributed by atoms with Crippen LogP contribution in [0.25, 0.3) is 17.2 Å². The molecule has 0 saturated heterocycles. The van der Waals surface area contributed by atoms with Gasteiger partial charge in [-0.1, -0.05) is 54.6 Å².